The zero-order valence-electron chi connectivity index (χ0n) is 55.8. The third kappa shape index (κ3) is 11.2. The van der Waals surface area contributed by atoms with Gasteiger partial charge in [0.1, 0.15) is 0 Å². The van der Waals surface area contributed by atoms with Crippen LogP contribution in [0.5, 0.6) is 0 Å². The monoisotopic (exact) mass is 1360 g/mol. The number of esters is 4. The summed E-state index contributed by atoms with van der Waals surface area (Å²) in [6.07, 6.45) is 38.7. The van der Waals surface area contributed by atoms with Crippen LogP contribution in [0.1, 0.15) is 154 Å². The number of nitrogens with zero attached hydrogens (tertiary/aromatic N) is 6. The number of hydrogen-bond acceptors (Lipinski definition) is 17. The fraction of sp³-hybridized carbons (Fsp3) is 0.618. The number of piperidine rings is 4. The molecular formula is C76H96ClN9O8S2. The quantitative estimate of drug-likeness (QED) is 0.0693. The number of nitrogens with one attached hydrogen (secondary N) is 3. The molecule has 96 heavy (non-hydrogen) atoms. The van der Waals surface area contributed by atoms with Crippen molar-refractivity contribution < 1.29 is 38.1 Å². The molecule has 4 spiro atoms. The van der Waals surface area contributed by atoms with Crippen molar-refractivity contribution in [3.8, 4) is 0 Å². The average Bonchev–Trinajstić information content (AvgIpc) is 1.57. The molecule has 12 fully saturated rings. The van der Waals surface area contributed by atoms with Gasteiger partial charge in [0.15, 0.2) is 22.4 Å². The van der Waals surface area contributed by atoms with Crippen LogP contribution in [0.3, 0.4) is 0 Å². The van der Waals surface area contributed by atoms with E-state index >= 15 is 0 Å². The molecule has 14 heterocycles. The van der Waals surface area contributed by atoms with Crippen molar-refractivity contribution in [2.24, 2.45) is 0 Å². The number of halogens is 1. The van der Waals surface area contributed by atoms with Gasteiger partial charge in [-0.3, -0.25) is 19.6 Å². The van der Waals surface area contributed by atoms with Crippen LogP contribution in [0.15, 0.2) is 131 Å². The molecule has 8 saturated heterocycles. The van der Waals surface area contributed by atoms with Crippen LogP contribution >= 0.6 is 35.9 Å². The Morgan fingerprint density at radius 1 is 0.562 bits per heavy atom. The van der Waals surface area contributed by atoms with E-state index in [4.69, 9.17) is 18.9 Å². The van der Waals surface area contributed by atoms with Crippen molar-refractivity contribution in [2.45, 2.75) is 253 Å². The Morgan fingerprint density at radius 2 is 1.05 bits per heavy atom. The number of rotatable bonds is 12. The fourth-order valence-electron chi connectivity index (χ4n) is 21.7. The first-order chi connectivity index (χ1) is 46.4. The molecule has 4 saturated carbocycles. The van der Waals surface area contributed by atoms with E-state index in [1.807, 2.05) is 36.6 Å². The van der Waals surface area contributed by atoms with Gasteiger partial charge in [0, 0.05) is 143 Å². The highest BCUT2D eigenvalue weighted by Crippen LogP contribution is 2.60. The normalized spacial score (nSPS) is 37.7. The number of aromatic nitrogens is 3. The number of carbonyl (C=O) groups is 4. The van der Waals surface area contributed by atoms with Gasteiger partial charge in [-0.15, -0.1) is 24.2 Å². The molecule has 16 atom stereocenters. The number of hydrogen-bond donors (Lipinski definition) is 3. The lowest BCUT2D eigenvalue weighted by atomic mass is 9.75. The molecule has 4 aromatic rings. The standard InChI is InChI=1S/C23H27N3O2.C19H21NO2S.C18H28N2O2S.C16H19N3O2.ClH/c27-22-12-16-11-19(20-13-23(16,28-22)21-7-3-4-10-26(20)21)24-9-8-15-14-25-18-6-2-1-5-17(15)18;21-18-11-13-10-16(23-14-6-2-1-3-7-14)15-12-19(13,22-18)17-8-4-5-9-20(15)17;1-12(2)19-6-8-23-15-9-13-10-17(21)22-18(13)11-14(15)20-7-4-3-5-16(18)20;20-15-8-11-7-12(18-6-4-17-10-18)13-9-16(11,21-15)14-3-1-2-5-19(13)14;/h1-2,5-6,12,14,19-21,24-25H,3-4,7-11,13H2;1-3,6-7,11,15-17H,4-5,8-10,12H2;10,12,14-16,19H,3-9,11H2,1-2H3;4,6,8,10,12-14H,1-3,5,7,9H2;1H/t19-,20-,21+,23-;15-,16?,17+,19-;14-,15?,16+,18-;12?,13-,14+,16-;/m0000./s1. The Morgan fingerprint density at radius 3 is 1.61 bits per heavy atom. The highest BCUT2D eigenvalue weighted by molar-refractivity contribution is 8.00. The number of fused-ring (bicyclic) bond motifs is 13. The zero-order valence-corrected chi connectivity index (χ0v) is 58.2. The predicted octanol–water partition coefficient (Wildman–Crippen LogP) is 10.8. The Labute approximate surface area is 579 Å². The summed E-state index contributed by atoms with van der Waals surface area (Å²) in [5.74, 6) is 0.672. The van der Waals surface area contributed by atoms with E-state index in [2.05, 4.69) is 131 Å². The molecule has 512 valence electrons. The Hall–Kier alpha value is -5.22. The lowest BCUT2D eigenvalue weighted by Gasteiger charge is -2.38. The van der Waals surface area contributed by atoms with Gasteiger partial charge in [0.05, 0.1) is 36.5 Å². The number of benzene rings is 2. The van der Waals surface area contributed by atoms with Crippen LogP contribution in [-0.4, -0.2) is 196 Å². The number of para-hydroxylation sites is 1. The maximum absolute atomic E-state index is 12.1. The Balaban J connectivity index is 0.000000101. The summed E-state index contributed by atoms with van der Waals surface area (Å²) >= 11 is 4.07. The molecule has 16 aliphatic rings. The largest absolute Gasteiger partial charge is 0.450 e. The molecule has 2 aromatic carbocycles. The van der Waals surface area contributed by atoms with E-state index in [0.717, 1.165) is 109 Å². The van der Waals surface area contributed by atoms with Gasteiger partial charge in [0.25, 0.3) is 0 Å². The van der Waals surface area contributed by atoms with E-state index in [1.165, 1.54) is 114 Å². The maximum atomic E-state index is 12.1. The van der Waals surface area contributed by atoms with Crippen molar-refractivity contribution in [1.82, 2.24) is 44.8 Å². The first-order valence-electron chi connectivity index (χ1n) is 36.5. The molecule has 20 heteroatoms. The lowest BCUT2D eigenvalue weighted by molar-refractivity contribution is -0.149. The molecule has 0 radical (unpaired) electrons. The van der Waals surface area contributed by atoms with Gasteiger partial charge < -0.3 is 39.1 Å². The van der Waals surface area contributed by atoms with Crippen LogP contribution in [0, 0.1) is 0 Å². The molecule has 20 rings (SSSR count). The lowest BCUT2D eigenvalue weighted by Crippen LogP contribution is -2.50. The minimum Gasteiger partial charge on any atom is -0.450 e. The van der Waals surface area contributed by atoms with E-state index in [-0.39, 0.29) is 58.7 Å². The topological polar surface area (TPSA) is 176 Å². The van der Waals surface area contributed by atoms with Crippen molar-refractivity contribution in [2.75, 3.05) is 45.0 Å². The Kier molecular flexibility index (Phi) is 18.0. The second-order valence-corrected chi connectivity index (χ2v) is 33.2. The highest BCUT2D eigenvalue weighted by Gasteiger charge is 2.68. The Bertz CT molecular complexity index is 3730. The molecule has 4 aliphatic carbocycles. The summed E-state index contributed by atoms with van der Waals surface area (Å²) in [6.45, 7) is 11.0. The van der Waals surface area contributed by atoms with E-state index in [1.54, 1.807) is 18.2 Å². The summed E-state index contributed by atoms with van der Waals surface area (Å²) in [5.41, 5.74) is 6.45. The third-order valence-electron chi connectivity index (χ3n) is 25.4. The smallest absolute Gasteiger partial charge is 0.331 e. The van der Waals surface area contributed by atoms with Crippen molar-refractivity contribution in [3.05, 3.63) is 132 Å². The third-order valence-corrected chi connectivity index (χ3v) is 28.1. The van der Waals surface area contributed by atoms with E-state index in [0.29, 0.717) is 77.0 Å². The number of ether oxygens (including phenoxy) is 4. The SMILES string of the molecule is CC(C)NCCSC1CC2=CC(=O)O[C@@]23C[C@@H]1N1CCCC[C@@H]13.Cl.O=C1C=C2CC(Sc3ccccc3)[C@@H]3C[C@@]2(O1)[C@H]1CCCCN31.O=C1C=C2CC(n3ccnc3)[C@@H]3C[C@@]2(O1)[C@H]1CCCCN31.O=C1C=C2C[C@H](NCCc3c[nH]c4ccccc34)[C@@H]3C[C@@]2(O1)[C@H]1CCCCN31. The fourth-order valence-corrected chi connectivity index (χ4v) is 24.3. The molecule has 2 aromatic heterocycles. The minimum absolute atomic E-state index is 0. The minimum atomic E-state index is -0.308. The predicted molar refractivity (Wildman–Crippen MR) is 375 cm³/mol. The number of carbonyl (C=O) groups excluding carboxylic acids is 4. The second-order valence-electron chi connectivity index (χ2n) is 30.6. The van der Waals surface area contributed by atoms with Gasteiger partial charge in [-0.2, -0.15) is 11.8 Å². The first-order valence-corrected chi connectivity index (χ1v) is 38.4. The van der Waals surface area contributed by atoms with Crippen molar-refractivity contribution in [3.63, 3.8) is 0 Å². The molecule has 3 N–H and O–H groups in total. The van der Waals surface area contributed by atoms with Gasteiger partial charge in [-0.25, -0.2) is 24.2 Å². The molecule has 12 aliphatic heterocycles. The summed E-state index contributed by atoms with van der Waals surface area (Å²) < 4.78 is 25.9. The molecule has 0 amide bonds. The summed E-state index contributed by atoms with van der Waals surface area (Å²) in [5, 5.41) is 9.81. The summed E-state index contributed by atoms with van der Waals surface area (Å²) in [4.78, 5) is 67.6. The van der Waals surface area contributed by atoms with Crippen LogP contribution in [0.4, 0.5) is 0 Å². The number of aromatic amines is 1. The van der Waals surface area contributed by atoms with Gasteiger partial charge in [-0.1, -0.05) is 75.9 Å². The van der Waals surface area contributed by atoms with Gasteiger partial charge in [0.2, 0.25) is 0 Å². The van der Waals surface area contributed by atoms with E-state index < -0.39 is 0 Å². The number of imidazole rings is 1. The van der Waals surface area contributed by atoms with Crippen molar-refractivity contribution >= 4 is 70.7 Å². The second kappa shape index (κ2) is 26.4. The summed E-state index contributed by atoms with van der Waals surface area (Å²) in [6, 6.07) is 24.2. The molecular weight excluding hydrogens is 1270 g/mol. The van der Waals surface area contributed by atoms with Crippen LogP contribution in [0.2, 0.25) is 0 Å². The first kappa shape index (κ1) is 65.4. The molecule has 17 nitrogen and oxygen atoms in total. The molecule has 8 bridgehead atoms. The average molecular weight is 1360 g/mol. The molecule has 3 unspecified atom stereocenters. The highest BCUT2D eigenvalue weighted by atomic mass is 35.5. The van der Waals surface area contributed by atoms with Gasteiger partial charge in [-0.05, 0) is 162 Å². The van der Waals surface area contributed by atoms with Crippen LogP contribution < -0.4 is 10.6 Å². The zero-order chi connectivity index (χ0) is 64.2. The van der Waals surface area contributed by atoms with Crippen molar-refractivity contribution in [1.29, 1.82) is 0 Å². The maximum Gasteiger partial charge on any atom is 0.331 e. The van der Waals surface area contributed by atoms with E-state index in [9.17, 15) is 19.2 Å². The number of H-pyrrole nitrogens is 1. The van der Waals surface area contributed by atoms with Crippen LogP contribution in [0.25, 0.3) is 10.9 Å². The van der Waals surface area contributed by atoms with Crippen LogP contribution in [-0.2, 0) is 44.5 Å². The number of thioether (sulfide) groups is 2. The summed E-state index contributed by atoms with van der Waals surface area (Å²) in [7, 11) is 0. The van der Waals surface area contributed by atoms with Gasteiger partial charge >= 0.3 is 23.9 Å².